The molecule has 0 aromatic carbocycles. The fourth-order valence-electron chi connectivity index (χ4n) is 2.79. The third kappa shape index (κ3) is 2.31. The van der Waals surface area contributed by atoms with Crippen molar-refractivity contribution < 1.29 is 10.2 Å². The third-order valence-electron chi connectivity index (χ3n) is 4.03. The Labute approximate surface area is 139 Å². The second-order valence-electron chi connectivity index (χ2n) is 5.54. The summed E-state index contributed by atoms with van der Waals surface area (Å²) in [5.41, 5.74) is -0.0293. The molecule has 4 aromatic rings. The summed E-state index contributed by atoms with van der Waals surface area (Å²) in [5, 5.41) is 20.8. The van der Waals surface area contributed by atoms with Gasteiger partial charge in [0.15, 0.2) is 11.5 Å². The summed E-state index contributed by atoms with van der Waals surface area (Å²) >= 11 is 0. The smallest absolute Gasteiger partial charge is 0.255 e. The van der Waals surface area contributed by atoms with Crippen LogP contribution in [0.25, 0.3) is 22.1 Å². The molecular formula is C17H12N4O4. The van der Waals surface area contributed by atoms with Gasteiger partial charge in [0, 0.05) is 18.8 Å². The van der Waals surface area contributed by atoms with Gasteiger partial charge >= 0.3 is 0 Å². The van der Waals surface area contributed by atoms with Crippen molar-refractivity contribution in [2.24, 2.45) is 0 Å². The molecule has 8 heteroatoms. The molecule has 0 saturated carbocycles. The summed E-state index contributed by atoms with van der Waals surface area (Å²) < 4.78 is 0. The van der Waals surface area contributed by atoms with Gasteiger partial charge in [-0.1, -0.05) is 0 Å². The van der Waals surface area contributed by atoms with Crippen LogP contribution in [0.5, 0.6) is 11.5 Å². The van der Waals surface area contributed by atoms with Gasteiger partial charge in [0.25, 0.3) is 11.1 Å². The van der Waals surface area contributed by atoms with E-state index in [9.17, 15) is 19.8 Å². The number of nitrogens with one attached hydrogen (secondary N) is 2. The van der Waals surface area contributed by atoms with Crippen LogP contribution in [0, 0.1) is 0 Å². The Balaban J connectivity index is 1.95. The molecule has 4 heterocycles. The average molecular weight is 336 g/mol. The number of hydrogen-bond donors (Lipinski definition) is 4. The summed E-state index contributed by atoms with van der Waals surface area (Å²) in [7, 11) is 0. The van der Waals surface area contributed by atoms with Crippen molar-refractivity contribution in [3.8, 4) is 11.5 Å². The van der Waals surface area contributed by atoms with E-state index in [4.69, 9.17) is 0 Å². The fourth-order valence-corrected chi connectivity index (χ4v) is 2.79. The summed E-state index contributed by atoms with van der Waals surface area (Å²) in [6.45, 7) is 0. The van der Waals surface area contributed by atoms with E-state index in [1.807, 2.05) is 0 Å². The SMILES string of the molecule is O=c1[nH]c2cccnc2c(O)c1Cc1c(O)c2ncccc2[nH]c1=O. The molecule has 8 nitrogen and oxygen atoms in total. The Bertz CT molecular complexity index is 1150. The summed E-state index contributed by atoms with van der Waals surface area (Å²) in [6, 6.07) is 6.47. The molecular weight excluding hydrogens is 324 g/mol. The number of pyridine rings is 4. The molecule has 0 amide bonds. The minimum absolute atomic E-state index is 0.0534. The molecule has 25 heavy (non-hydrogen) atoms. The summed E-state index contributed by atoms with van der Waals surface area (Å²) in [6.07, 6.45) is 2.70. The first-order valence-electron chi connectivity index (χ1n) is 7.44. The topological polar surface area (TPSA) is 132 Å². The number of aromatic nitrogens is 4. The molecule has 0 aliphatic rings. The molecule has 4 aromatic heterocycles. The fraction of sp³-hybridized carbons (Fsp3) is 0.0588. The molecule has 0 aliphatic heterocycles. The molecule has 0 unspecified atom stereocenters. The highest BCUT2D eigenvalue weighted by atomic mass is 16.3. The maximum absolute atomic E-state index is 12.3. The first kappa shape index (κ1) is 14.9. The van der Waals surface area contributed by atoms with Crippen molar-refractivity contribution >= 4 is 22.1 Å². The Morgan fingerprint density at radius 1 is 0.800 bits per heavy atom. The number of aromatic amines is 2. The molecule has 0 radical (unpaired) electrons. The normalized spacial score (nSPS) is 11.2. The molecule has 0 atom stereocenters. The minimum Gasteiger partial charge on any atom is -0.505 e. The predicted molar refractivity (Wildman–Crippen MR) is 90.9 cm³/mol. The summed E-state index contributed by atoms with van der Waals surface area (Å²) in [4.78, 5) is 37.9. The van der Waals surface area contributed by atoms with Gasteiger partial charge in [-0.3, -0.25) is 19.6 Å². The zero-order valence-corrected chi connectivity index (χ0v) is 12.8. The zero-order valence-electron chi connectivity index (χ0n) is 12.8. The van der Waals surface area contributed by atoms with Gasteiger partial charge < -0.3 is 20.2 Å². The van der Waals surface area contributed by atoms with Crippen molar-refractivity contribution in [2.45, 2.75) is 6.42 Å². The monoisotopic (exact) mass is 336 g/mol. The summed E-state index contributed by atoms with van der Waals surface area (Å²) in [5.74, 6) is -0.640. The lowest BCUT2D eigenvalue weighted by atomic mass is 10.0. The van der Waals surface area contributed by atoms with Crippen molar-refractivity contribution in [3.05, 3.63) is 68.5 Å². The molecule has 0 fully saturated rings. The van der Waals surface area contributed by atoms with Crippen LogP contribution in [-0.2, 0) is 6.42 Å². The molecule has 4 N–H and O–H groups in total. The van der Waals surface area contributed by atoms with E-state index >= 15 is 0 Å². The van der Waals surface area contributed by atoms with Gasteiger partial charge in [-0.05, 0) is 24.3 Å². The maximum atomic E-state index is 12.3. The molecule has 0 aliphatic carbocycles. The van der Waals surface area contributed by atoms with E-state index in [-0.39, 0.29) is 40.1 Å². The third-order valence-corrected chi connectivity index (χ3v) is 4.03. The number of H-pyrrole nitrogens is 2. The maximum Gasteiger partial charge on any atom is 0.255 e. The van der Waals surface area contributed by atoms with Gasteiger partial charge in [0.05, 0.1) is 22.2 Å². The standard InChI is InChI=1S/C17H12N4O4/c22-14-8(16(24)20-10-3-1-5-18-12(10)14)7-9-15(23)13-11(21-17(9)25)4-2-6-19-13/h1-6H,7H2,(H2,20,22,24)(H2,21,23,25). The van der Waals surface area contributed by atoms with Crippen LogP contribution in [0.4, 0.5) is 0 Å². The van der Waals surface area contributed by atoms with Gasteiger partial charge in [0.1, 0.15) is 11.0 Å². The van der Waals surface area contributed by atoms with Crippen molar-refractivity contribution in [3.63, 3.8) is 0 Å². The second-order valence-corrected chi connectivity index (χ2v) is 5.54. The van der Waals surface area contributed by atoms with Gasteiger partial charge in [-0.25, -0.2) is 0 Å². The largest absolute Gasteiger partial charge is 0.505 e. The lowest BCUT2D eigenvalue weighted by Gasteiger charge is -2.09. The molecule has 0 saturated heterocycles. The van der Waals surface area contributed by atoms with Crippen LogP contribution in [0.2, 0.25) is 0 Å². The van der Waals surface area contributed by atoms with Crippen molar-refractivity contribution in [2.75, 3.05) is 0 Å². The van der Waals surface area contributed by atoms with E-state index in [1.165, 1.54) is 12.4 Å². The lowest BCUT2D eigenvalue weighted by Crippen LogP contribution is -2.19. The first-order chi connectivity index (χ1) is 12.1. The van der Waals surface area contributed by atoms with Crippen LogP contribution >= 0.6 is 0 Å². The quantitative estimate of drug-likeness (QED) is 0.434. The number of rotatable bonds is 2. The van der Waals surface area contributed by atoms with Crippen LogP contribution in [0.15, 0.2) is 46.2 Å². The molecule has 124 valence electrons. The van der Waals surface area contributed by atoms with Crippen LogP contribution in [0.1, 0.15) is 11.1 Å². The Kier molecular flexibility index (Phi) is 3.24. The zero-order chi connectivity index (χ0) is 17.6. The van der Waals surface area contributed by atoms with E-state index < -0.39 is 11.1 Å². The average Bonchev–Trinajstić information content (AvgIpc) is 2.61. The highest BCUT2D eigenvalue weighted by molar-refractivity contribution is 5.83. The first-order valence-corrected chi connectivity index (χ1v) is 7.44. The van der Waals surface area contributed by atoms with E-state index in [0.29, 0.717) is 11.0 Å². The minimum atomic E-state index is -0.557. The van der Waals surface area contributed by atoms with Crippen LogP contribution in [0.3, 0.4) is 0 Å². The Morgan fingerprint density at radius 3 is 1.68 bits per heavy atom. The Morgan fingerprint density at radius 2 is 1.24 bits per heavy atom. The molecule has 0 spiro atoms. The van der Waals surface area contributed by atoms with Crippen LogP contribution in [-0.4, -0.2) is 30.1 Å². The number of hydrogen-bond acceptors (Lipinski definition) is 6. The van der Waals surface area contributed by atoms with Gasteiger partial charge in [0.2, 0.25) is 0 Å². The van der Waals surface area contributed by atoms with E-state index in [0.717, 1.165) is 0 Å². The molecule has 4 rings (SSSR count). The lowest BCUT2D eigenvalue weighted by molar-refractivity contribution is 0.466. The number of nitrogens with zero attached hydrogens (tertiary/aromatic N) is 2. The number of fused-ring (bicyclic) bond motifs is 2. The highest BCUT2D eigenvalue weighted by Gasteiger charge is 2.19. The van der Waals surface area contributed by atoms with Crippen molar-refractivity contribution in [1.29, 1.82) is 0 Å². The molecule has 0 bridgehead atoms. The van der Waals surface area contributed by atoms with Crippen LogP contribution < -0.4 is 11.1 Å². The Hall–Kier alpha value is -3.68. The van der Waals surface area contributed by atoms with Crippen molar-refractivity contribution in [1.82, 2.24) is 19.9 Å². The predicted octanol–water partition coefficient (Wildman–Crippen LogP) is 1.16. The number of aromatic hydroxyl groups is 2. The van der Waals surface area contributed by atoms with E-state index in [2.05, 4.69) is 19.9 Å². The second kappa shape index (κ2) is 5.45. The van der Waals surface area contributed by atoms with Gasteiger partial charge in [-0.2, -0.15) is 0 Å². The van der Waals surface area contributed by atoms with Gasteiger partial charge in [-0.15, -0.1) is 0 Å². The highest BCUT2D eigenvalue weighted by Crippen LogP contribution is 2.28. The van der Waals surface area contributed by atoms with E-state index in [1.54, 1.807) is 24.3 Å².